The van der Waals surface area contributed by atoms with E-state index in [2.05, 4.69) is 4.98 Å². The zero-order chi connectivity index (χ0) is 13.3. The van der Waals surface area contributed by atoms with E-state index in [1.165, 1.54) is 17.4 Å². The van der Waals surface area contributed by atoms with E-state index in [1.807, 2.05) is 0 Å². The van der Waals surface area contributed by atoms with E-state index in [0.29, 0.717) is 18.0 Å². The zero-order valence-electron chi connectivity index (χ0n) is 10.4. The molecule has 2 heterocycles. The van der Waals surface area contributed by atoms with Gasteiger partial charge in [0.2, 0.25) is 0 Å². The van der Waals surface area contributed by atoms with Crippen molar-refractivity contribution in [1.29, 1.82) is 0 Å². The van der Waals surface area contributed by atoms with Gasteiger partial charge in [-0.1, -0.05) is 6.42 Å². The molecular formula is C11H16N2O3S2. The van der Waals surface area contributed by atoms with Crippen molar-refractivity contribution < 1.29 is 13.2 Å². The summed E-state index contributed by atoms with van der Waals surface area (Å²) in [5, 5.41) is 0.713. The molecule has 1 aliphatic heterocycles. The minimum atomic E-state index is -3.57. The van der Waals surface area contributed by atoms with Crippen LogP contribution in [0.25, 0.3) is 0 Å². The van der Waals surface area contributed by atoms with E-state index < -0.39 is 16.1 Å². The summed E-state index contributed by atoms with van der Waals surface area (Å²) in [6.07, 6.45) is 3.70. The summed E-state index contributed by atoms with van der Waals surface area (Å²) in [6.45, 7) is 3.64. The highest BCUT2D eigenvalue weighted by atomic mass is 32.2. The van der Waals surface area contributed by atoms with Gasteiger partial charge in [-0.3, -0.25) is 4.79 Å². The first-order valence-corrected chi connectivity index (χ1v) is 8.13. The second-order valence-electron chi connectivity index (χ2n) is 4.44. The third kappa shape index (κ3) is 2.48. The molecule has 1 aromatic heterocycles. The van der Waals surface area contributed by atoms with Crippen molar-refractivity contribution in [1.82, 2.24) is 9.29 Å². The molecule has 1 atom stereocenters. The predicted molar refractivity (Wildman–Crippen MR) is 69.1 cm³/mol. The van der Waals surface area contributed by atoms with Gasteiger partial charge in [0.25, 0.3) is 10.0 Å². The number of aromatic nitrogens is 1. The topological polar surface area (TPSA) is 67.3 Å². The summed E-state index contributed by atoms with van der Waals surface area (Å²) in [7, 11) is -3.57. The molecule has 7 heteroatoms. The van der Waals surface area contributed by atoms with Crippen molar-refractivity contribution in [2.75, 3.05) is 6.54 Å². The lowest BCUT2D eigenvalue weighted by Gasteiger charge is -2.32. The third-order valence-electron chi connectivity index (χ3n) is 3.09. The monoisotopic (exact) mass is 288 g/mol. The summed E-state index contributed by atoms with van der Waals surface area (Å²) in [6, 6.07) is -0.508. The fraction of sp³-hybridized carbons (Fsp3) is 0.636. The molecule has 1 aromatic rings. The molecule has 0 spiro atoms. The molecule has 0 aliphatic carbocycles. The van der Waals surface area contributed by atoms with Crippen molar-refractivity contribution in [3.63, 3.8) is 0 Å². The second-order valence-corrected chi connectivity index (χ2v) is 7.79. The van der Waals surface area contributed by atoms with Crippen molar-refractivity contribution in [2.24, 2.45) is 0 Å². The molecule has 1 unspecified atom stereocenters. The van der Waals surface area contributed by atoms with Crippen molar-refractivity contribution >= 4 is 27.1 Å². The molecule has 2 rings (SSSR count). The van der Waals surface area contributed by atoms with Crippen LogP contribution in [0.2, 0.25) is 0 Å². The summed E-state index contributed by atoms with van der Waals surface area (Å²) in [5.74, 6) is -0.0838. The Labute approximate surface area is 111 Å². The molecule has 100 valence electrons. The molecule has 0 amide bonds. The Bertz CT molecular complexity index is 550. The third-order valence-corrected chi connectivity index (χ3v) is 6.34. The van der Waals surface area contributed by atoms with Crippen LogP contribution in [-0.4, -0.2) is 36.1 Å². The lowest BCUT2D eigenvalue weighted by molar-refractivity contribution is -0.121. The molecule has 0 aromatic carbocycles. The summed E-state index contributed by atoms with van der Waals surface area (Å²) < 4.78 is 26.5. The highest BCUT2D eigenvalue weighted by Gasteiger charge is 2.36. The maximum absolute atomic E-state index is 12.5. The summed E-state index contributed by atoms with van der Waals surface area (Å²) >= 11 is 1.15. The first-order valence-electron chi connectivity index (χ1n) is 5.87. The average molecular weight is 288 g/mol. The van der Waals surface area contributed by atoms with Crippen LogP contribution in [0.3, 0.4) is 0 Å². The van der Waals surface area contributed by atoms with Gasteiger partial charge in [-0.15, -0.1) is 11.3 Å². The standard InChI is InChI=1S/C11H16N2O3S2/c1-8(14)10-5-3-4-6-13(10)18(15,16)11-7-12-9(2)17-11/h7,10H,3-6H2,1-2H3. The minimum Gasteiger partial charge on any atom is -0.298 e. The van der Waals surface area contributed by atoms with E-state index >= 15 is 0 Å². The highest BCUT2D eigenvalue weighted by Crippen LogP contribution is 2.28. The molecule has 18 heavy (non-hydrogen) atoms. The Morgan fingerprint density at radius 2 is 2.22 bits per heavy atom. The number of piperidine rings is 1. The Morgan fingerprint density at radius 1 is 1.50 bits per heavy atom. The SMILES string of the molecule is CC(=O)C1CCCCN1S(=O)(=O)c1cnc(C)s1. The van der Waals surface area contributed by atoms with Gasteiger partial charge in [0.05, 0.1) is 17.2 Å². The van der Waals surface area contributed by atoms with Gasteiger partial charge in [-0.05, 0) is 26.7 Å². The van der Waals surface area contributed by atoms with Crippen LogP contribution in [0.5, 0.6) is 0 Å². The van der Waals surface area contributed by atoms with Crippen LogP contribution in [0.4, 0.5) is 0 Å². The average Bonchev–Trinajstić information content (AvgIpc) is 2.76. The van der Waals surface area contributed by atoms with E-state index in [0.717, 1.165) is 24.2 Å². The minimum absolute atomic E-state index is 0.0838. The maximum atomic E-state index is 12.5. The molecule has 1 aliphatic rings. The fourth-order valence-electron chi connectivity index (χ4n) is 2.18. The molecule has 0 N–H and O–H groups in total. The molecule has 5 nitrogen and oxygen atoms in total. The van der Waals surface area contributed by atoms with Gasteiger partial charge >= 0.3 is 0 Å². The van der Waals surface area contributed by atoms with Crippen molar-refractivity contribution in [3.05, 3.63) is 11.2 Å². The zero-order valence-corrected chi connectivity index (χ0v) is 12.1. The number of carbonyl (C=O) groups excluding carboxylic acids is 1. The van der Waals surface area contributed by atoms with E-state index in [9.17, 15) is 13.2 Å². The van der Waals surface area contributed by atoms with Crippen molar-refractivity contribution in [3.8, 4) is 0 Å². The Kier molecular flexibility index (Phi) is 3.84. The van der Waals surface area contributed by atoms with Gasteiger partial charge in [-0.25, -0.2) is 13.4 Å². The van der Waals surface area contributed by atoms with Crippen LogP contribution < -0.4 is 0 Å². The van der Waals surface area contributed by atoms with Gasteiger partial charge in [-0.2, -0.15) is 4.31 Å². The summed E-state index contributed by atoms with van der Waals surface area (Å²) in [5.41, 5.74) is 0. The number of nitrogens with zero attached hydrogens (tertiary/aromatic N) is 2. The first-order chi connectivity index (χ1) is 8.43. The second kappa shape index (κ2) is 5.07. The van der Waals surface area contributed by atoms with Crippen LogP contribution in [0.1, 0.15) is 31.2 Å². The van der Waals surface area contributed by atoms with E-state index in [-0.39, 0.29) is 9.99 Å². The molecule has 0 saturated carbocycles. The van der Waals surface area contributed by atoms with Crippen molar-refractivity contribution in [2.45, 2.75) is 43.4 Å². The number of hydrogen-bond donors (Lipinski definition) is 0. The van der Waals surface area contributed by atoms with Gasteiger partial charge in [0.1, 0.15) is 5.78 Å². The number of Topliss-reactive ketones (excluding diaryl/α,β-unsaturated/α-hetero) is 1. The van der Waals surface area contributed by atoms with E-state index in [1.54, 1.807) is 6.92 Å². The molecule has 0 radical (unpaired) electrons. The number of sulfonamides is 1. The maximum Gasteiger partial charge on any atom is 0.254 e. The predicted octanol–water partition coefficient (Wildman–Crippen LogP) is 1.58. The highest BCUT2D eigenvalue weighted by molar-refractivity contribution is 7.91. The van der Waals surface area contributed by atoms with Gasteiger partial charge < -0.3 is 0 Å². The Hall–Kier alpha value is -0.790. The van der Waals surface area contributed by atoms with Gasteiger partial charge in [0, 0.05) is 6.54 Å². The lowest BCUT2D eigenvalue weighted by Crippen LogP contribution is -2.46. The smallest absolute Gasteiger partial charge is 0.254 e. The largest absolute Gasteiger partial charge is 0.298 e. The Balaban J connectivity index is 2.36. The number of hydrogen-bond acceptors (Lipinski definition) is 5. The molecule has 1 saturated heterocycles. The number of rotatable bonds is 3. The van der Waals surface area contributed by atoms with Gasteiger partial charge in [0.15, 0.2) is 4.21 Å². The Morgan fingerprint density at radius 3 is 2.78 bits per heavy atom. The lowest BCUT2D eigenvalue weighted by atomic mass is 10.0. The van der Waals surface area contributed by atoms with Crippen LogP contribution >= 0.6 is 11.3 Å². The molecule has 1 fully saturated rings. The van der Waals surface area contributed by atoms with E-state index in [4.69, 9.17) is 0 Å². The first kappa shape index (κ1) is 13.6. The molecular weight excluding hydrogens is 272 g/mol. The van der Waals surface area contributed by atoms with Crippen LogP contribution in [-0.2, 0) is 14.8 Å². The van der Waals surface area contributed by atoms with Crippen LogP contribution in [0.15, 0.2) is 10.4 Å². The quantitative estimate of drug-likeness (QED) is 0.847. The normalized spacial score (nSPS) is 22.0. The molecule has 0 bridgehead atoms. The van der Waals surface area contributed by atoms with Crippen LogP contribution in [0, 0.1) is 6.92 Å². The fourth-order valence-corrected chi connectivity index (χ4v) is 5.12. The number of thiazole rings is 1. The summed E-state index contributed by atoms with van der Waals surface area (Å²) in [4.78, 5) is 15.5. The number of ketones is 1. The number of carbonyl (C=O) groups is 1. The number of aryl methyl sites for hydroxylation is 1.